The van der Waals surface area contributed by atoms with E-state index in [2.05, 4.69) is 15.5 Å². The first-order valence-electron chi connectivity index (χ1n) is 5.73. The molecule has 0 saturated carbocycles. The van der Waals surface area contributed by atoms with Crippen molar-refractivity contribution in [3.63, 3.8) is 0 Å². The number of hydrogen-bond acceptors (Lipinski definition) is 5. The molecule has 0 radical (unpaired) electrons. The normalized spacial score (nSPS) is 10.4. The molecule has 1 aromatic carbocycles. The van der Waals surface area contributed by atoms with Gasteiger partial charge in [-0.2, -0.15) is 5.10 Å². The van der Waals surface area contributed by atoms with Crippen LogP contribution in [0.4, 0.5) is 0 Å². The summed E-state index contributed by atoms with van der Waals surface area (Å²) in [6.45, 7) is 0. The van der Waals surface area contributed by atoms with Crippen LogP contribution in [0.3, 0.4) is 0 Å². The fourth-order valence-electron chi connectivity index (χ4n) is 1.51. The van der Waals surface area contributed by atoms with Gasteiger partial charge >= 0.3 is 0 Å². The van der Waals surface area contributed by atoms with Gasteiger partial charge in [-0.25, -0.2) is 5.43 Å². The van der Waals surface area contributed by atoms with E-state index in [0.29, 0.717) is 5.56 Å². The molecule has 1 amide bonds. The van der Waals surface area contributed by atoms with Crippen LogP contribution in [-0.2, 0) is 0 Å². The van der Waals surface area contributed by atoms with Crippen molar-refractivity contribution >= 4 is 18.1 Å². The zero-order valence-electron chi connectivity index (χ0n) is 10.3. The number of aromatic nitrogens is 1. The molecule has 0 aliphatic heterocycles. The van der Waals surface area contributed by atoms with Gasteiger partial charge in [-0.05, 0) is 12.1 Å². The molecule has 0 atom stereocenters. The van der Waals surface area contributed by atoms with Crippen LogP contribution >= 0.6 is 0 Å². The maximum Gasteiger partial charge on any atom is 0.289 e. The summed E-state index contributed by atoms with van der Waals surface area (Å²) in [6, 6.07) is 11.1. The summed E-state index contributed by atoms with van der Waals surface area (Å²) in [7, 11) is 0. The number of pyridine rings is 1. The third-order valence-electron chi connectivity index (χ3n) is 2.45. The molecule has 100 valence electrons. The van der Waals surface area contributed by atoms with Gasteiger partial charge in [0.2, 0.25) is 0 Å². The lowest BCUT2D eigenvalue weighted by atomic mass is 10.1. The molecule has 1 heterocycles. The molecule has 0 bridgehead atoms. The Morgan fingerprint density at radius 2 is 1.90 bits per heavy atom. The molecular formula is C14H10N3O3-. The van der Waals surface area contributed by atoms with Gasteiger partial charge in [-0.15, -0.1) is 0 Å². The molecule has 0 spiro atoms. The number of benzene rings is 1. The average Bonchev–Trinajstić information content (AvgIpc) is 2.48. The predicted octanol–water partition coefficient (Wildman–Crippen LogP) is 0.209. The lowest BCUT2D eigenvalue weighted by molar-refractivity contribution is -0.255. The van der Waals surface area contributed by atoms with Crippen LogP contribution in [0, 0.1) is 0 Å². The SMILES string of the molecule is O=C(NN=Cc1ccccc1C(=O)[O-])c1ccccn1. The van der Waals surface area contributed by atoms with E-state index in [1.807, 2.05) is 0 Å². The number of nitrogens with one attached hydrogen (secondary N) is 1. The van der Waals surface area contributed by atoms with E-state index >= 15 is 0 Å². The summed E-state index contributed by atoms with van der Waals surface area (Å²) in [5.41, 5.74) is 2.83. The molecule has 0 unspecified atom stereocenters. The van der Waals surface area contributed by atoms with Crippen molar-refractivity contribution in [2.45, 2.75) is 0 Å². The molecule has 1 N–H and O–H groups in total. The number of amides is 1. The first-order valence-corrected chi connectivity index (χ1v) is 5.73. The number of rotatable bonds is 4. The number of hydrazone groups is 1. The van der Waals surface area contributed by atoms with E-state index in [1.54, 1.807) is 36.4 Å². The summed E-state index contributed by atoms with van der Waals surface area (Å²) >= 11 is 0. The molecular weight excluding hydrogens is 258 g/mol. The third-order valence-corrected chi connectivity index (χ3v) is 2.45. The number of aromatic carboxylic acids is 1. The zero-order valence-corrected chi connectivity index (χ0v) is 10.3. The number of nitrogens with zero attached hydrogens (tertiary/aromatic N) is 2. The summed E-state index contributed by atoms with van der Waals surface area (Å²) in [6.07, 6.45) is 2.73. The highest BCUT2D eigenvalue weighted by molar-refractivity contribution is 5.98. The van der Waals surface area contributed by atoms with Crippen molar-refractivity contribution in [1.82, 2.24) is 10.4 Å². The van der Waals surface area contributed by atoms with Crippen molar-refractivity contribution < 1.29 is 14.7 Å². The van der Waals surface area contributed by atoms with E-state index in [9.17, 15) is 14.7 Å². The number of hydrogen-bond donors (Lipinski definition) is 1. The highest BCUT2D eigenvalue weighted by atomic mass is 16.4. The van der Waals surface area contributed by atoms with Crippen molar-refractivity contribution in [2.75, 3.05) is 0 Å². The van der Waals surface area contributed by atoms with Crippen LogP contribution < -0.4 is 10.5 Å². The maximum absolute atomic E-state index is 11.6. The Balaban J connectivity index is 2.08. The molecule has 0 fully saturated rings. The molecule has 0 saturated heterocycles. The summed E-state index contributed by atoms with van der Waals surface area (Å²) < 4.78 is 0. The van der Waals surface area contributed by atoms with E-state index in [0.717, 1.165) is 0 Å². The lowest BCUT2D eigenvalue weighted by Gasteiger charge is -2.05. The fourth-order valence-corrected chi connectivity index (χ4v) is 1.51. The quantitative estimate of drug-likeness (QED) is 0.633. The van der Waals surface area contributed by atoms with Crippen LogP contribution in [0.15, 0.2) is 53.8 Å². The van der Waals surface area contributed by atoms with E-state index in [1.165, 1.54) is 18.5 Å². The maximum atomic E-state index is 11.6. The van der Waals surface area contributed by atoms with Gasteiger partial charge in [-0.1, -0.05) is 30.3 Å². The molecule has 1 aromatic heterocycles. The Morgan fingerprint density at radius 1 is 1.15 bits per heavy atom. The van der Waals surface area contributed by atoms with E-state index in [-0.39, 0.29) is 11.3 Å². The van der Waals surface area contributed by atoms with Crippen molar-refractivity contribution in [2.24, 2.45) is 5.10 Å². The van der Waals surface area contributed by atoms with E-state index < -0.39 is 11.9 Å². The van der Waals surface area contributed by atoms with Gasteiger partial charge < -0.3 is 9.90 Å². The molecule has 2 aromatic rings. The van der Waals surface area contributed by atoms with Gasteiger partial charge in [0.15, 0.2) is 0 Å². The number of carboxylic acid groups (broad SMARTS) is 1. The Bertz CT molecular complexity index is 654. The Morgan fingerprint density at radius 3 is 2.60 bits per heavy atom. The summed E-state index contributed by atoms with van der Waals surface area (Å²) in [4.78, 5) is 26.4. The van der Waals surface area contributed by atoms with Crippen LogP contribution in [0.5, 0.6) is 0 Å². The lowest BCUT2D eigenvalue weighted by Crippen LogP contribution is -2.24. The van der Waals surface area contributed by atoms with Crippen molar-refractivity contribution in [3.8, 4) is 0 Å². The number of carboxylic acids is 1. The van der Waals surface area contributed by atoms with Crippen LogP contribution in [0.2, 0.25) is 0 Å². The monoisotopic (exact) mass is 268 g/mol. The van der Waals surface area contributed by atoms with Gasteiger partial charge in [-0.3, -0.25) is 9.78 Å². The van der Waals surface area contributed by atoms with Crippen molar-refractivity contribution in [3.05, 3.63) is 65.5 Å². The van der Waals surface area contributed by atoms with Gasteiger partial charge in [0, 0.05) is 17.3 Å². The predicted molar refractivity (Wildman–Crippen MR) is 70.1 cm³/mol. The second kappa shape index (κ2) is 6.24. The minimum Gasteiger partial charge on any atom is -0.545 e. The first kappa shape index (κ1) is 13.4. The minimum absolute atomic E-state index is 0.00309. The molecule has 0 aliphatic rings. The number of carbonyl (C=O) groups is 2. The second-order valence-electron chi connectivity index (χ2n) is 3.79. The standard InChI is InChI=1S/C14H11N3O3/c18-13(12-7-3-4-8-15-12)17-16-9-10-5-1-2-6-11(10)14(19)20/h1-9H,(H,17,18)(H,19,20)/p-1. The highest BCUT2D eigenvalue weighted by Gasteiger charge is 2.04. The van der Waals surface area contributed by atoms with Crippen molar-refractivity contribution in [1.29, 1.82) is 0 Å². The van der Waals surface area contributed by atoms with E-state index in [4.69, 9.17) is 0 Å². The summed E-state index contributed by atoms with van der Waals surface area (Å²) in [5, 5.41) is 14.6. The Kier molecular flexibility index (Phi) is 4.18. The van der Waals surface area contributed by atoms with Gasteiger partial charge in [0.05, 0.1) is 12.2 Å². The molecule has 6 nitrogen and oxygen atoms in total. The van der Waals surface area contributed by atoms with Crippen LogP contribution in [0.25, 0.3) is 0 Å². The van der Waals surface area contributed by atoms with Gasteiger partial charge in [0.25, 0.3) is 5.91 Å². The second-order valence-corrected chi connectivity index (χ2v) is 3.79. The van der Waals surface area contributed by atoms with Crippen LogP contribution in [-0.4, -0.2) is 23.1 Å². The largest absolute Gasteiger partial charge is 0.545 e. The topological polar surface area (TPSA) is 94.5 Å². The van der Waals surface area contributed by atoms with Gasteiger partial charge in [0.1, 0.15) is 5.69 Å². The third kappa shape index (κ3) is 3.26. The molecule has 20 heavy (non-hydrogen) atoms. The first-order chi connectivity index (χ1) is 9.68. The molecule has 0 aliphatic carbocycles. The van der Waals surface area contributed by atoms with Crippen LogP contribution in [0.1, 0.15) is 26.4 Å². The molecule has 6 heteroatoms. The molecule has 2 rings (SSSR count). The number of carbonyl (C=O) groups excluding carboxylic acids is 2. The summed E-state index contributed by atoms with van der Waals surface area (Å²) in [5.74, 6) is -1.78. The Labute approximate surface area is 114 Å². The Hall–Kier alpha value is -3.02. The average molecular weight is 268 g/mol. The smallest absolute Gasteiger partial charge is 0.289 e. The fraction of sp³-hybridized carbons (Fsp3) is 0. The minimum atomic E-state index is -1.30. The zero-order chi connectivity index (χ0) is 14.4. The highest BCUT2D eigenvalue weighted by Crippen LogP contribution is 2.04.